The fourth-order valence-corrected chi connectivity index (χ4v) is 4.30. The minimum Gasteiger partial charge on any atom is -0.397 e. The first kappa shape index (κ1) is 12.2. The minimum absolute atomic E-state index is 0.591. The summed E-state index contributed by atoms with van der Waals surface area (Å²) < 4.78 is 0. The van der Waals surface area contributed by atoms with Crippen molar-refractivity contribution in [1.29, 1.82) is 0 Å². The van der Waals surface area contributed by atoms with Crippen LogP contribution in [0.5, 0.6) is 0 Å². The van der Waals surface area contributed by atoms with Gasteiger partial charge in [-0.15, -0.1) is 0 Å². The molecule has 1 aromatic rings. The van der Waals surface area contributed by atoms with E-state index in [2.05, 4.69) is 10.3 Å². The number of nitrogens with one attached hydrogen (secondary N) is 1. The number of aromatic nitrogens is 1. The predicted molar refractivity (Wildman–Crippen MR) is 75.7 cm³/mol. The van der Waals surface area contributed by atoms with Gasteiger partial charge in [-0.1, -0.05) is 11.6 Å². The van der Waals surface area contributed by atoms with Gasteiger partial charge in [-0.2, -0.15) is 23.5 Å². The van der Waals surface area contributed by atoms with Gasteiger partial charge in [-0.05, 0) is 6.07 Å². The molecule has 0 amide bonds. The minimum atomic E-state index is 0.591. The SMILES string of the molecule is Nc1cnc(NCC2CSCCS2)c(Cl)c1. The normalized spacial score (nSPS) is 20.7. The number of anilines is 2. The summed E-state index contributed by atoms with van der Waals surface area (Å²) in [5.74, 6) is 4.43. The maximum Gasteiger partial charge on any atom is 0.144 e. The number of nitrogens with zero attached hydrogens (tertiary/aromatic N) is 1. The van der Waals surface area contributed by atoms with Crippen molar-refractivity contribution in [3.05, 3.63) is 17.3 Å². The number of halogens is 1. The molecule has 16 heavy (non-hydrogen) atoms. The Bertz CT molecular complexity index is 356. The topological polar surface area (TPSA) is 50.9 Å². The van der Waals surface area contributed by atoms with Gasteiger partial charge in [-0.3, -0.25) is 0 Å². The fourth-order valence-electron chi connectivity index (χ4n) is 1.45. The van der Waals surface area contributed by atoms with Crippen LogP contribution in [0.2, 0.25) is 5.02 Å². The van der Waals surface area contributed by atoms with Crippen LogP contribution in [0.4, 0.5) is 11.5 Å². The Kier molecular flexibility index (Phi) is 4.49. The number of nitrogens with two attached hydrogens (primary N) is 1. The highest BCUT2D eigenvalue weighted by Gasteiger charge is 2.14. The van der Waals surface area contributed by atoms with E-state index in [0.29, 0.717) is 16.0 Å². The van der Waals surface area contributed by atoms with E-state index in [0.717, 1.165) is 12.4 Å². The van der Waals surface area contributed by atoms with Crippen LogP contribution in [0, 0.1) is 0 Å². The molecule has 3 nitrogen and oxygen atoms in total. The third-order valence-corrected chi connectivity index (χ3v) is 5.38. The Morgan fingerprint density at radius 3 is 3.12 bits per heavy atom. The molecule has 3 N–H and O–H groups in total. The van der Waals surface area contributed by atoms with Crippen LogP contribution >= 0.6 is 35.1 Å². The van der Waals surface area contributed by atoms with Crippen molar-refractivity contribution in [2.45, 2.75) is 5.25 Å². The van der Waals surface area contributed by atoms with Crippen LogP contribution in [0.15, 0.2) is 12.3 Å². The maximum absolute atomic E-state index is 6.03. The van der Waals surface area contributed by atoms with Gasteiger partial charge < -0.3 is 11.1 Å². The fraction of sp³-hybridized carbons (Fsp3) is 0.500. The average Bonchev–Trinajstić information content (AvgIpc) is 2.29. The molecule has 0 aliphatic carbocycles. The van der Waals surface area contributed by atoms with Crippen molar-refractivity contribution >= 4 is 46.6 Å². The number of nitrogen functional groups attached to an aromatic ring is 1. The summed E-state index contributed by atoms with van der Waals surface area (Å²) >= 11 is 10.1. The second-order valence-corrected chi connectivity index (χ2v) is 6.51. The summed E-state index contributed by atoms with van der Waals surface area (Å²) in [5.41, 5.74) is 6.18. The first-order valence-corrected chi connectivity index (χ1v) is 7.68. The second-order valence-electron chi connectivity index (χ2n) is 3.55. The number of hydrogen-bond donors (Lipinski definition) is 2. The van der Waals surface area contributed by atoms with Crippen LogP contribution in [0.3, 0.4) is 0 Å². The van der Waals surface area contributed by atoms with Crippen LogP contribution in [0.1, 0.15) is 0 Å². The van der Waals surface area contributed by atoms with Crippen LogP contribution in [0.25, 0.3) is 0 Å². The number of rotatable bonds is 3. The smallest absolute Gasteiger partial charge is 0.144 e. The Morgan fingerprint density at radius 2 is 2.44 bits per heavy atom. The molecule has 0 saturated carbocycles. The van der Waals surface area contributed by atoms with Crippen molar-refractivity contribution in [3.8, 4) is 0 Å². The van der Waals surface area contributed by atoms with E-state index in [1.165, 1.54) is 17.3 Å². The molecule has 0 bridgehead atoms. The summed E-state index contributed by atoms with van der Waals surface area (Å²) in [7, 11) is 0. The van der Waals surface area contributed by atoms with Gasteiger partial charge in [-0.25, -0.2) is 4.98 Å². The molecular formula is C10H14ClN3S2. The summed E-state index contributed by atoms with van der Waals surface area (Å²) in [6.45, 7) is 0.911. The monoisotopic (exact) mass is 275 g/mol. The molecule has 1 aliphatic heterocycles. The van der Waals surface area contributed by atoms with Gasteiger partial charge in [0.05, 0.1) is 16.9 Å². The van der Waals surface area contributed by atoms with Crippen LogP contribution < -0.4 is 11.1 Å². The second kappa shape index (κ2) is 5.89. The van der Waals surface area contributed by atoms with Crippen LogP contribution in [-0.2, 0) is 0 Å². The number of hydrogen-bond acceptors (Lipinski definition) is 5. The summed E-state index contributed by atoms with van der Waals surface area (Å²) in [6, 6.07) is 1.72. The van der Waals surface area contributed by atoms with Crippen molar-refractivity contribution in [1.82, 2.24) is 4.98 Å². The standard InChI is InChI=1S/C10H14ClN3S2/c11-9-3-7(12)4-13-10(9)14-5-8-6-15-1-2-16-8/h3-4,8H,1-2,5-6,12H2,(H,13,14). The van der Waals surface area contributed by atoms with Crippen molar-refractivity contribution in [3.63, 3.8) is 0 Å². The molecule has 1 aromatic heterocycles. The van der Waals surface area contributed by atoms with Gasteiger partial charge in [0, 0.05) is 29.1 Å². The molecule has 0 aromatic carbocycles. The van der Waals surface area contributed by atoms with Gasteiger partial charge >= 0.3 is 0 Å². The van der Waals surface area contributed by atoms with E-state index in [9.17, 15) is 0 Å². The Morgan fingerprint density at radius 1 is 1.56 bits per heavy atom. The van der Waals surface area contributed by atoms with Crippen molar-refractivity contribution in [2.75, 3.05) is 34.9 Å². The van der Waals surface area contributed by atoms with Gasteiger partial charge in [0.2, 0.25) is 0 Å². The molecule has 88 valence electrons. The average molecular weight is 276 g/mol. The molecule has 0 spiro atoms. The lowest BCUT2D eigenvalue weighted by Crippen LogP contribution is -2.23. The highest BCUT2D eigenvalue weighted by Crippen LogP contribution is 2.26. The number of pyridine rings is 1. The van der Waals surface area contributed by atoms with Gasteiger partial charge in [0.15, 0.2) is 0 Å². The van der Waals surface area contributed by atoms with Crippen molar-refractivity contribution in [2.24, 2.45) is 0 Å². The molecule has 0 radical (unpaired) electrons. The Balaban J connectivity index is 1.88. The molecule has 2 heterocycles. The molecule has 2 rings (SSSR count). The third-order valence-electron chi connectivity index (χ3n) is 2.24. The van der Waals surface area contributed by atoms with Gasteiger partial charge in [0.25, 0.3) is 0 Å². The van der Waals surface area contributed by atoms with E-state index < -0.39 is 0 Å². The summed E-state index contributed by atoms with van der Waals surface area (Å²) in [4.78, 5) is 4.18. The quantitative estimate of drug-likeness (QED) is 0.888. The summed E-state index contributed by atoms with van der Waals surface area (Å²) in [6.07, 6.45) is 1.62. The lowest BCUT2D eigenvalue weighted by Gasteiger charge is -2.21. The molecule has 1 atom stereocenters. The molecule has 1 saturated heterocycles. The first-order valence-electron chi connectivity index (χ1n) is 5.10. The lowest BCUT2D eigenvalue weighted by molar-refractivity contribution is 0.993. The largest absolute Gasteiger partial charge is 0.397 e. The molecule has 6 heteroatoms. The van der Waals surface area contributed by atoms with E-state index in [1.54, 1.807) is 12.3 Å². The van der Waals surface area contributed by atoms with Crippen LogP contribution in [-0.4, -0.2) is 34.0 Å². The Hall–Kier alpha value is -0.260. The maximum atomic E-state index is 6.03. The first-order chi connectivity index (χ1) is 7.75. The third kappa shape index (κ3) is 3.37. The number of thioether (sulfide) groups is 2. The summed E-state index contributed by atoms with van der Waals surface area (Å²) in [5, 5.41) is 4.52. The van der Waals surface area contributed by atoms with E-state index in [-0.39, 0.29) is 0 Å². The molecule has 1 unspecified atom stereocenters. The molecule has 1 aliphatic rings. The predicted octanol–water partition coefficient (Wildman–Crippen LogP) is 2.58. The van der Waals surface area contributed by atoms with E-state index >= 15 is 0 Å². The zero-order chi connectivity index (χ0) is 11.4. The zero-order valence-electron chi connectivity index (χ0n) is 8.78. The highest BCUT2D eigenvalue weighted by atomic mass is 35.5. The van der Waals surface area contributed by atoms with E-state index in [1.807, 2.05) is 23.5 Å². The highest BCUT2D eigenvalue weighted by molar-refractivity contribution is 8.06. The molecule has 1 fully saturated rings. The van der Waals surface area contributed by atoms with Gasteiger partial charge in [0.1, 0.15) is 5.82 Å². The van der Waals surface area contributed by atoms with Crippen molar-refractivity contribution < 1.29 is 0 Å². The Labute approximate surface area is 109 Å². The zero-order valence-corrected chi connectivity index (χ0v) is 11.2. The lowest BCUT2D eigenvalue weighted by atomic mass is 10.4. The molecular weight excluding hydrogens is 262 g/mol. The van der Waals surface area contributed by atoms with E-state index in [4.69, 9.17) is 17.3 Å².